The molecule has 3 rings (SSSR count). The van der Waals surface area contributed by atoms with E-state index in [1.54, 1.807) is 14.0 Å². The van der Waals surface area contributed by atoms with Crippen molar-refractivity contribution in [2.24, 2.45) is 5.41 Å². The molecule has 0 bridgehead atoms. The highest BCUT2D eigenvalue weighted by Crippen LogP contribution is 2.39. The Morgan fingerprint density at radius 3 is 2.32 bits per heavy atom. The highest BCUT2D eigenvalue weighted by Gasteiger charge is 2.39. The topological polar surface area (TPSA) is 49.4 Å². The van der Waals surface area contributed by atoms with Gasteiger partial charge in [-0.3, -0.25) is 9.59 Å². The van der Waals surface area contributed by atoms with Crippen molar-refractivity contribution in [3.8, 4) is 0 Å². The van der Waals surface area contributed by atoms with Gasteiger partial charge in [-0.15, -0.1) is 0 Å². The lowest BCUT2D eigenvalue weighted by atomic mass is 9.86. The third kappa shape index (κ3) is 3.26. The molecule has 0 spiro atoms. The van der Waals surface area contributed by atoms with Crippen molar-refractivity contribution < 1.29 is 9.59 Å². The minimum absolute atomic E-state index is 0.0953. The van der Waals surface area contributed by atoms with Crippen LogP contribution in [0.3, 0.4) is 0 Å². The molecule has 0 saturated heterocycles. The zero-order chi connectivity index (χ0) is 18.2. The third-order valence-corrected chi connectivity index (χ3v) is 5.36. The van der Waals surface area contributed by atoms with Crippen molar-refractivity contribution in [2.75, 3.05) is 13.6 Å². The molecule has 1 aliphatic rings. The number of benzene rings is 2. The van der Waals surface area contributed by atoms with Gasteiger partial charge < -0.3 is 10.2 Å². The molecule has 2 amide bonds. The van der Waals surface area contributed by atoms with Gasteiger partial charge in [0.2, 0.25) is 11.8 Å². The normalized spacial score (nSPS) is 18.9. The molecule has 1 aliphatic carbocycles. The molecule has 0 fully saturated rings. The van der Waals surface area contributed by atoms with Gasteiger partial charge in [-0.1, -0.05) is 31.2 Å². The van der Waals surface area contributed by atoms with Crippen LogP contribution in [0.1, 0.15) is 37.5 Å². The summed E-state index contributed by atoms with van der Waals surface area (Å²) in [7, 11) is 1.70. The van der Waals surface area contributed by atoms with Crippen LogP contribution in [0.15, 0.2) is 30.3 Å². The second kappa shape index (κ2) is 6.51. The van der Waals surface area contributed by atoms with Gasteiger partial charge in [0, 0.05) is 27.1 Å². The highest BCUT2D eigenvalue weighted by atomic mass is 16.2. The maximum atomic E-state index is 12.2. The average Bonchev–Trinajstić information content (AvgIpc) is 2.92. The zero-order valence-electron chi connectivity index (χ0n) is 15.5. The Kier molecular flexibility index (Phi) is 4.55. The number of hydrogen-bond donors (Lipinski definition) is 1. The largest absolute Gasteiger partial charge is 0.359 e. The van der Waals surface area contributed by atoms with Gasteiger partial charge in [-0.25, -0.2) is 0 Å². The quantitative estimate of drug-likeness (QED) is 0.931. The fourth-order valence-electron chi connectivity index (χ4n) is 3.90. The van der Waals surface area contributed by atoms with Crippen LogP contribution in [0.2, 0.25) is 0 Å². The third-order valence-electron chi connectivity index (χ3n) is 5.36. The molecular formula is C21H26N2O2. The number of amides is 2. The number of hydrogen-bond acceptors (Lipinski definition) is 2. The van der Waals surface area contributed by atoms with E-state index in [1.807, 2.05) is 18.7 Å². The van der Waals surface area contributed by atoms with Crippen molar-refractivity contribution in [3.05, 3.63) is 47.0 Å². The van der Waals surface area contributed by atoms with Gasteiger partial charge in [0.25, 0.3) is 0 Å². The summed E-state index contributed by atoms with van der Waals surface area (Å²) >= 11 is 0. The number of carbonyl (C=O) groups is 2. The van der Waals surface area contributed by atoms with Gasteiger partial charge in [0.15, 0.2) is 0 Å². The predicted molar refractivity (Wildman–Crippen MR) is 100 cm³/mol. The Labute approximate surface area is 149 Å². The first-order chi connectivity index (χ1) is 11.9. The molecule has 0 saturated carbocycles. The smallest absolute Gasteiger partial charge is 0.226 e. The molecule has 132 valence electrons. The summed E-state index contributed by atoms with van der Waals surface area (Å²) < 4.78 is 0. The summed E-state index contributed by atoms with van der Waals surface area (Å²) in [5.74, 6) is 0.200. The maximum Gasteiger partial charge on any atom is 0.226 e. The van der Waals surface area contributed by atoms with Crippen LogP contribution < -0.4 is 5.32 Å². The van der Waals surface area contributed by atoms with Crippen LogP contribution in [-0.4, -0.2) is 30.3 Å². The minimum atomic E-state index is -0.356. The Balaban J connectivity index is 1.92. The number of rotatable bonds is 4. The molecule has 1 N–H and O–H groups in total. The first-order valence-electron chi connectivity index (χ1n) is 8.88. The van der Waals surface area contributed by atoms with E-state index < -0.39 is 0 Å². The van der Waals surface area contributed by atoms with E-state index >= 15 is 0 Å². The van der Waals surface area contributed by atoms with Gasteiger partial charge in [0.1, 0.15) is 0 Å². The summed E-state index contributed by atoms with van der Waals surface area (Å²) in [5.41, 5.74) is 3.31. The Bertz CT molecular complexity index is 843. The van der Waals surface area contributed by atoms with Crippen molar-refractivity contribution in [1.82, 2.24) is 10.2 Å². The molecule has 0 heterocycles. The van der Waals surface area contributed by atoms with Gasteiger partial charge in [0.05, 0.1) is 5.41 Å². The van der Waals surface area contributed by atoms with Gasteiger partial charge in [-0.2, -0.15) is 0 Å². The molecule has 0 aliphatic heterocycles. The monoisotopic (exact) mass is 338 g/mol. The van der Waals surface area contributed by atoms with E-state index in [-0.39, 0.29) is 17.2 Å². The Morgan fingerprint density at radius 2 is 1.76 bits per heavy atom. The van der Waals surface area contributed by atoms with Crippen molar-refractivity contribution in [2.45, 2.75) is 40.2 Å². The number of carbonyl (C=O) groups excluding carboxylic acids is 2. The summed E-state index contributed by atoms with van der Waals surface area (Å²) in [5, 5.41) is 5.16. The lowest BCUT2D eigenvalue weighted by Crippen LogP contribution is -2.37. The first kappa shape index (κ1) is 17.5. The summed E-state index contributed by atoms with van der Waals surface area (Å²) in [6.07, 6.45) is 1.56. The van der Waals surface area contributed by atoms with Crippen LogP contribution >= 0.6 is 0 Å². The van der Waals surface area contributed by atoms with E-state index in [0.29, 0.717) is 13.1 Å². The van der Waals surface area contributed by atoms with Crippen molar-refractivity contribution >= 4 is 22.6 Å². The van der Waals surface area contributed by atoms with E-state index in [9.17, 15) is 9.59 Å². The predicted octanol–water partition coefficient (Wildman–Crippen LogP) is 3.06. The van der Waals surface area contributed by atoms with Crippen LogP contribution in [0, 0.1) is 5.41 Å². The number of nitrogens with zero attached hydrogens (tertiary/aromatic N) is 1. The van der Waals surface area contributed by atoms with Crippen LogP contribution in [0.25, 0.3) is 10.8 Å². The van der Waals surface area contributed by atoms with Crippen molar-refractivity contribution in [1.29, 1.82) is 0 Å². The molecule has 1 atom stereocenters. The molecule has 0 radical (unpaired) electrons. The van der Waals surface area contributed by atoms with Crippen LogP contribution in [-0.2, 0) is 29.0 Å². The number of nitrogens with one attached hydrogen (secondary N) is 1. The standard InChI is InChI=1S/C21H26N2O2/c1-5-23(14(2)24)13-15-6-7-16-9-18-11-21(3,20(25)22-4)12-19(18)10-17(16)8-15/h6-10H,5,11-13H2,1-4H3,(H,22,25). The molecule has 1 unspecified atom stereocenters. The first-order valence-corrected chi connectivity index (χ1v) is 8.88. The highest BCUT2D eigenvalue weighted by molar-refractivity contribution is 5.88. The fourth-order valence-corrected chi connectivity index (χ4v) is 3.90. The SMILES string of the molecule is CCN(Cc1ccc2cc3c(cc2c1)CC(C)(C(=O)NC)C3)C(C)=O. The van der Waals surface area contributed by atoms with E-state index in [4.69, 9.17) is 0 Å². The van der Waals surface area contributed by atoms with E-state index in [1.165, 1.54) is 21.9 Å². The lowest BCUT2D eigenvalue weighted by molar-refractivity contribution is -0.129. The number of fused-ring (bicyclic) bond motifs is 2. The lowest BCUT2D eigenvalue weighted by Gasteiger charge is -2.20. The van der Waals surface area contributed by atoms with E-state index in [2.05, 4.69) is 35.6 Å². The minimum Gasteiger partial charge on any atom is -0.359 e. The van der Waals surface area contributed by atoms with Crippen molar-refractivity contribution in [3.63, 3.8) is 0 Å². The molecule has 4 nitrogen and oxygen atoms in total. The summed E-state index contributed by atoms with van der Waals surface area (Å²) in [6, 6.07) is 10.8. The van der Waals surface area contributed by atoms with E-state index in [0.717, 1.165) is 18.4 Å². The van der Waals surface area contributed by atoms with Crippen LogP contribution in [0.4, 0.5) is 0 Å². The second-order valence-electron chi connectivity index (χ2n) is 7.33. The van der Waals surface area contributed by atoms with Gasteiger partial charge >= 0.3 is 0 Å². The molecule has 2 aromatic carbocycles. The zero-order valence-corrected chi connectivity index (χ0v) is 15.5. The molecule has 4 heteroatoms. The fraction of sp³-hybridized carbons (Fsp3) is 0.429. The maximum absolute atomic E-state index is 12.2. The summed E-state index contributed by atoms with van der Waals surface area (Å²) in [6.45, 7) is 6.98. The second-order valence-corrected chi connectivity index (χ2v) is 7.33. The summed E-state index contributed by atoms with van der Waals surface area (Å²) in [4.78, 5) is 25.7. The molecule has 25 heavy (non-hydrogen) atoms. The Morgan fingerprint density at radius 1 is 1.12 bits per heavy atom. The molecular weight excluding hydrogens is 312 g/mol. The Hall–Kier alpha value is -2.36. The van der Waals surface area contributed by atoms with Gasteiger partial charge in [-0.05, 0) is 53.3 Å². The molecule has 2 aromatic rings. The average molecular weight is 338 g/mol. The molecule has 0 aromatic heterocycles. The van der Waals surface area contributed by atoms with Crippen LogP contribution in [0.5, 0.6) is 0 Å².